The lowest BCUT2D eigenvalue weighted by atomic mass is 9.48. The summed E-state index contributed by atoms with van der Waals surface area (Å²) in [4.78, 5) is 23.8. The zero-order chi connectivity index (χ0) is 17.7. The maximum atomic E-state index is 12.7. The third kappa shape index (κ3) is 2.61. The summed E-state index contributed by atoms with van der Waals surface area (Å²) in [6.45, 7) is 6.30. The van der Waals surface area contributed by atoms with Crippen molar-refractivity contribution in [2.75, 3.05) is 0 Å². The van der Waals surface area contributed by atoms with Gasteiger partial charge in [0.05, 0.1) is 6.10 Å². The van der Waals surface area contributed by atoms with E-state index in [1.54, 1.807) is 0 Å². The Morgan fingerprint density at radius 3 is 2.54 bits per heavy atom. The highest BCUT2D eigenvalue weighted by atomic mass is 16.4. The van der Waals surface area contributed by atoms with Gasteiger partial charge in [0.25, 0.3) is 0 Å². The largest absolute Gasteiger partial charge is 0.481 e. The highest BCUT2D eigenvalue weighted by Gasteiger charge is 2.59. The van der Waals surface area contributed by atoms with Crippen LogP contribution >= 0.6 is 0 Å². The van der Waals surface area contributed by atoms with Crippen LogP contribution in [-0.4, -0.2) is 28.1 Å². The number of carbonyl (C=O) groups is 2. The van der Waals surface area contributed by atoms with E-state index in [1.807, 2.05) is 13.8 Å². The van der Waals surface area contributed by atoms with Crippen LogP contribution in [0.15, 0.2) is 0 Å². The number of hydrogen-bond acceptors (Lipinski definition) is 3. The number of fused-ring (bicyclic) bond motifs is 3. The van der Waals surface area contributed by atoms with E-state index in [1.165, 1.54) is 0 Å². The number of carboxylic acids is 1. The first kappa shape index (κ1) is 17.9. The summed E-state index contributed by atoms with van der Waals surface area (Å²) < 4.78 is 0. The molecule has 0 heterocycles. The van der Waals surface area contributed by atoms with Crippen molar-refractivity contribution in [2.45, 2.75) is 78.2 Å². The van der Waals surface area contributed by atoms with Gasteiger partial charge in [-0.2, -0.15) is 0 Å². The number of carboxylic acid groups (broad SMARTS) is 1. The van der Waals surface area contributed by atoms with Crippen molar-refractivity contribution in [3.8, 4) is 0 Å². The standard InChI is InChI=1S/C20H32O4/c1-12(21)14-5-6-15-13-4-7-17(22)20(3,11-9-18(23)24)16(13)8-10-19(14,15)2/h12-16,21H,4-11H2,1-3H3,(H,23,24)/t12?,13?,14-,15?,16?,19?,20+/m1/s1. The molecule has 7 atom stereocenters. The lowest BCUT2D eigenvalue weighted by molar-refractivity contribution is -0.149. The smallest absolute Gasteiger partial charge is 0.303 e. The number of aliphatic hydroxyl groups excluding tert-OH is 1. The molecule has 24 heavy (non-hydrogen) atoms. The molecule has 3 aliphatic carbocycles. The minimum atomic E-state index is -0.804. The van der Waals surface area contributed by atoms with E-state index in [-0.39, 0.29) is 23.7 Å². The van der Waals surface area contributed by atoms with E-state index in [9.17, 15) is 14.7 Å². The van der Waals surface area contributed by atoms with Crippen molar-refractivity contribution >= 4 is 11.8 Å². The first-order chi connectivity index (χ1) is 11.2. The van der Waals surface area contributed by atoms with Gasteiger partial charge in [-0.15, -0.1) is 0 Å². The van der Waals surface area contributed by atoms with Crippen molar-refractivity contribution in [1.29, 1.82) is 0 Å². The van der Waals surface area contributed by atoms with Gasteiger partial charge < -0.3 is 10.2 Å². The summed E-state index contributed by atoms with van der Waals surface area (Å²) in [5.74, 6) is 1.26. The molecule has 3 fully saturated rings. The summed E-state index contributed by atoms with van der Waals surface area (Å²) in [5, 5.41) is 19.3. The van der Waals surface area contributed by atoms with Crippen molar-refractivity contribution in [3.05, 3.63) is 0 Å². The zero-order valence-corrected chi connectivity index (χ0v) is 15.3. The lowest BCUT2D eigenvalue weighted by Gasteiger charge is -2.56. The summed E-state index contributed by atoms with van der Waals surface area (Å²) in [6, 6.07) is 0. The molecular weight excluding hydrogens is 304 g/mol. The van der Waals surface area contributed by atoms with Gasteiger partial charge in [-0.3, -0.25) is 9.59 Å². The van der Waals surface area contributed by atoms with Crippen LogP contribution in [0.1, 0.15) is 72.1 Å². The highest BCUT2D eigenvalue weighted by Crippen LogP contribution is 2.65. The molecule has 3 rings (SSSR count). The van der Waals surface area contributed by atoms with Crippen LogP contribution in [0.4, 0.5) is 0 Å². The Morgan fingerprint density at radius 2 is 1.92 bits per heavy atom. The summed E-state index contributed by atoms with van der Waals surface area (Å²) >= 11 is 0. The van der Waals surface area contributed by atoms with Gasteiger partial charge in [0.1, 0.15) is 5.78 Å². The molecule has 2 N–H and O–H groups in total. The highest BCUT2D eigenvalue weighted by molar-refractivity contribution is 5.86. The maximum Gasteiger partial charge on any atom is 0.303 e. The minimum Gasteiger partial charge on any atom is -0.481 e. The van der Waals surface area contributed by atoms with Crippen molar-refractivity contribution in [2.24, 2.45) is 34.5 Å². The number of ketones is 1. The second-order valence-electron chi connectivity index (χ2n) is 9.12. The Kier molecular flexibility index (Phi) is 4.57. The van der Waals surface area contributed by atoms with Gasteiger partial charge in [-0.05, 0) is 74.5 Å². The molecule has 0 saturated heterocycles. The molecule has 3 aliphatic rings. The molecule has 0 bridgehead atoms. The summed E-state index contributed by atoms with van der Waals surface area (Å²) in [5.41, 5.74) is -0.283. The first-order valence-electron chi connectivity index (χ1n) is 9.63. The third-order valence-corrected chi connectivity index (χ3v) is 8.11. The predicted molar refractivity (Wildman–Crippen MR) is 91.4 cm³/mol. The van der Waals surface area contributed by atoms with Crippen molar-refractivity contribution < 1.29 is 19.8 Å². The molecule has 0 spiro atoms. The molecular formula is C20H32O4. The lowest BCUT2D eigenvalue weighted by Crippen LogP contribution is -2.53. The topological polar surface area (TPSA) is 74.6 Å². The molecule has 5 unspecified atom stereocenters. The number of hydrogen-bond donors (Lipinski definition) is 2. The van der Waals surface area contributed by atoms with Gasteiger partial charge in [-0.1, -0.05) is 13.8 Å². The Balaban J connectivity index is 1.86. The fourth-order valence-electron chi connectivity index (χ4n) is 6.80. The summed E-state index contributed by atoms with van der Waals surface area (Å²) in [7, 11) is 0. The minimum absolute atomic E-state index is 0.0870. The van der Waals surface area contributed by atoms with Crippen LogP contribution in [0.25, 0.3) is 0 Å². The quantitative estimate of drug-likeness (QED) is 0.821. The predicted octanol–water partition coefficient (Wildman–Crippen LogP) is 3.66. The van der Waals surface area contributed by atoms with E-state index >= 15 is 0 Å². The number of aliphatic carboxylic acids is 1. The van der Waals surface area contributed by atoms with Crippen LogP contribution < -0.4 is 0 Å². The molecule has 4 nitrogen and oxygen atoms in total. The second kappa shape index (κ2) is 6.12. The Bertz CT molecular complexity index is 528. The average molecular weight is 336 g/mol. The van der Waals surface area contributed by atoms with Crippen LogP contribution in [0, 0.1) is 34.5 Å². The second-order valence-corrected chi connectivity index (χ2v) is 9.12. The van der Waals surface area contributed by atoms with Gasteiger partial charge >= 0.3 is 5.97 Å². The summed E-state index contributed by atoms with van der Waals surface area (Å²) in [6.07, 6.45) is 6.16. The van der Waals surface area contributed by atoms with Crippen molar-refractivity contribution in [1.82, 2.24) is 0 Å². The molecule has 0 aromatic heterocycles. The van der Waals surface area contributed by atoms with Crippen LogP contribution in [-0.2, 0) is 9.59 Å². The molecule has 136 valence electrons. The van der Waals surface area contributed by atoms with Gasteiger partial charge in [0, 0.05) is 18.3 Å². The number of aliphatic hydroxyl groups is 1. The monoisotopic (exact) mass is 336 g/mol. The fourth-order valence-corrected chi connectivity index (χ4v) is 6.80. The molecule has 3 saturated carbocycles. The first-order valence-corrected chi connectivity index (χ1v) is 9.63. The molecule has 4 heteroatoms. The van der Waals surface area contributed by atoms with Crippen molar-refractivity contribution in [3.63, 3.8) is 0 Å². The molecule has 0 amide bonds. The normalized spacial score (nSPS) is 46.2. The van der Waals surface area contributed by atoms with Gasteiger partial charge in [0.2, 0.25) is 0 Å². The Morgan fingerprint density at radius 1 is 1.21 bits per heavy atom. The number of Topliss-reactive ketones (excluding diaryl/α,β-unsaturated/α-hetero) is 1. The average Bonchev–Trinajstić information content (AvgIpc) is 2.86. The maximum absolute atomic E-state index is 12.7. The SMILES string of the molecule is CC(O)[C@H]1CCC2C3CCC(=O)[C@@](C)(CCC(=O)O)C3CCC21C. The third-order valence-electron chi connectivity index (χ3n) is 8.11. The van der Waals surface area contributed by atoms with E-state index in [4.69, 9.17) is 5.11 Å². The van der Waals surface area contributed by atoms with Crippen LogP contribution in [0.3, 0.4) is 0 Å². The van der Waals surface area contributed by atoms with Crippen LogP contribution in [0.5, 0.6) is 0 Å². The Labute approximate surface area is 145 Å². The van der Waals surface area contributed by atoms with E-state index in [0.717, 1.165) is 32.1 Å². The molecule has 0 aromatic carbocycles. The van der Waals surface area contributed by atoms with Gasteiger partial charge in [0.15, 0.2) is 0 Å². The fraction of sp³-hybridized carbons (Fsp3) is 0.900. The molecule has 0 radical (unpaired) electrons. The van der Waals surface area contributed by atoms with E-state index in [2.05, 4.69) is 6.92 Å². The number of carbonyl (C=O) groups excluding carboxylic acids is 1. The number of rotatable bonds is 4. The Hall–Kier alpha value is -0.900. The van der Waals surface area contributed by atoms with Crippen LogP contribution in [0.2, 0.25) is 0 Å². The van der Waals surface area contributed by atoms with E-state index in [0.29, 0.717) is 36.5 Å². The van der Waals surface area contributed by atoms with Gasteiger partial charge in [-0.25, -0.2) is 0 Å². The molecule has 0 aromatic rings. The zero-order valence-electron chi connectivity index (χ0n) is 15.3. The molecule has 0 aliphatic heterocycles. The van der Waals surface area contributed by atoms with E-state index < -0.39 is 11.4 Å².